The molecule has 0 fully saturated rings. The lowest BCUT2D eigenvalue weighted by Crippen LogP contribution is -2.29. The summed E-state index contributed by atoms with van der Waals surface area (Å²) in [6.07, 6.45) is 0. The van der Waals surface area contributed by atoms with Crippen LogP contribution in [0, 0.1) is 0 Å². The Hall–Kier alpha value is -2.93. The van der Waals surface area contributed by atoms with E-state index in [0.29, 0.717) is 21.9 Å². The smallest absolute Gasteiger partial charge is 0.329 e. The number of aromatic nitrogens is 4. The molecule has 114 valence electrons. The number of halogens is 1. The Bertz CT molecular complexity index is 1190. The van der Waals surface area contributed by atoms with Crippen LogP contribution in [0.5, 0.6) is 0 Å². The number of rotatable bonds is 1. The molecule has 0 aliphatic carbocycles. The number of nitrogens with one attached hydrogen (secondary N) is 1. The summed E-state index contributed by atoms with van der Waals surface area (Å²) in [5.41, 5.74) is 0.426. The second kappa shape index (κ2) is 4.79. The Morgan fingerprint density at radius 1 is 1.22 bits per heavy atom. The van der Waals surface area contributed by atoms with Crippen molar-refractivity contribution in [2.24, 2.45) is 7.05 Å². The molecule has 0 amide bonds. The van der Waals surface area contributed by atoms with Crippen molar-refractivity contribution in [1.29, 1.82) is 0 Å². The van der Waals surface area contributed by atoms with E-state index in [1.807, 2.05) is 18.2 Å². The number of hydrogen-bond donors (Lipinski definition) is 1. The Labute approximate surface area is 133 Å². The summed E-state index contributed by atoms with van der Waals surface area (Å²) < 4.78 is 6.90. The fourth-order valence-electron chi connectivity index (χ4n) is 2.37. The van der Waals surface area contributed by atoms with E-state index in [1.54, 1.807) is 12.1 Å². The maximum Gasteiger partial charge on any atom is 0.329 e. The van der Waals surface area contributed by atoms with Crippen LogP contribution in [0.2, 0.25) is 5.02 Å². The zero-order valence-corrected chi connectivity index (χ0v) is 12.6. The van der Waals surface area contributed by atoms with Crippen molar-refractivity contribution in [3.05, 3.63) is 56.2 Å². The van der Waals surface area contributed by atoms with Gasteiger partial charge in [0, 0.05) is 18.7 Å². The van der Waals surface area contributed by atoms with Crippen LogP contribution in [-0.2, 0) is 7.05 Å². The van der Waals surface area contributed by atoms with Crippen molar-refractivity contribution in [2.75, 3.05) is 0 Å². The van der Waals surface area contributed by atoms with Gasteiger partial charge in [-0.3, -0.25) is 14.3 Å². The number of nitrogens with zero attached hydrogens (tertiary/aromatic N) is 3. The highest BCUT2D eigenvalue weighted by atomic mass is 35.5. The van der Waals surface area contributed by atoms with E-state index < -0.39 is 11.2 Å². The normalized spacial score (nSPS) is 11.4. The highest BCUT2D eigenvalue weighted by Gasteiger charge is 2.15. The van der Waals surface area contributed by atoms with E-state index in [2.05, 4.69) is 15.0 Å². The molecule has 1 aromatic carbocycles. The van der Waals surface area contributed by atoms with Gasteiger partial charge in [0.2, 0.25) is 5.71 Å². The minimum atomic E-state index is -0.585. The third kappa shape index (κ3) is 2.05. The average Bonchev–Trinajstić information content (AvgIpc) is 2.94. The summed E-state index contributed by atoms with van der Waals surface area (Å²) in [5.74, 6) is 0.488. The molecule has 0 spiro atoms. The van der Waals surface area contributed by atoms with Gasteiger partial charge < -0.3 is 4.42 Å². The predicted octanol–water partition coefficient (Wildman–Crippen LogP) is 2.08. The fraction of sp³-hybridized carbons (Fsp3) is 0.0667. The Balaban J connectivity index is 2.07. The van der Waals surface area contributed by atoms with Crippen molar-refractivity contribution in [2.45, 2.75) is 0 Å². The SMILES string of the molecule is Cn1c(=O)[nH]c(=O)c2nc3cc(-c4ccccc4Cl)oc3nc21. The van der Waals surface area contributed by atoms with E-state index >= 15 is 0 Å². The molecule has 4 aromatic rings. The molecule has 3 aromatic heterocycles. The van der Waals surface area contributed by atoms with Gasteiger partial charge in [0.15, 0.2) is 11.2 Å². The lowest BCUT2D eigenvalue weighted by molar-refractivity contribution is 0.618. The van der Waals surface area contributed by atoms with Crippen LogP contribution < -0.4 is 11.2 Å². The van der Waals surface area contributed by atoms with Crippen LogP contribution >= 0.6 is 11.6 Å². The second-order valence-corrected chi connectivity index (χ2v) is 5.40. The molecule has 4 rings (SSSR count). The van der Waals surface area contributed by atoms with Gasteiger partial charge in [0.1, 0.15) is 11.3 Å². The number of aromatic amines is 1. The van der Waals surface area contributed by atoms with Gasteiger partial charge in [0.05, 0.1) is 5.02 Å². The molecule has 8 heteroatoms. The summed E-state index contributed by atoms with van der Waals surface area (Å²) >= 11 is 6.16. The Kier molecular flexibility index (Phi) is 2.85. The molecule has 0 saturated heterocycles. The zero-order valence-electron chi connectivity index (χ0n) is 11.8. The van der Waals surface area contributed by atoms with Gasteiger partial charge in [-0.25, -0.2) is 9.78 Å². The summed E-state index contributed by atoms with van der Waals surface area (Å²) in [7, 11) is 1.50. The topological polar surface area (TPSA) is 93.8 Å². The number of furan rings is 1. The van der Waals surface area contributed by atoms with Crippen LogP contribution in [-0.4, -0.2) is 19.5 Å². The maximum atomic E-state index is 11.9. The lowest BCUT2D eigenvalue weighted by Gasteiger charge is -2.00. The first-order valence-corrected chi connectivity index (χ1v) is 7.08. The van der Waals surface area contributed by atoms with Gasteiger partial charge in [0.25, 0.3) is 5.56 Å². The largest absolute Gasteiger partial charge is 0.436 e. The number of benzene rings is 1. The van der Waals surface area contributed by atoms with E-state index in [4.69, 9.17) is 16.0 Å². The van der Waals surface area contributed by atoms with Crippen molar-refractivity contribution < 1.29 is 4.42 Å². The zero-order chi connectivity index (χ0) is 16.1. The molecule has 3 heterocycles. The van der Waals surface area contributed by atoms with E-state index in [1.165, 1.54) is 11.6 Å². The number of fused-ring (bicyclic) bond motifs is 2. The van der Waals surface area contributed by atoms with Gasteiger partial charge >= 0.3 is 5.69 Å². The van der Waals surface area contributed by atoms with Gasteiger partial charge in [-0.2, -0.15) is 4.98 Å². The third-order valence-electron chi connectivity index (χ3n) is 3.54. The predicted molar refractivity (Wildman–Crippen MR) is 85.6 cm³/mol. The van der Waals surface area contributed by atoms with Crippen molar-refractivity contribution in [3.8, 4) is 11.3 Å². The molecule has 0 aliphatic rings. The first-order chi connectivity index (χ1) is 11.0. The minimum absolute atomic E-state index is 0.0751. The van der Waals surface area contributed by atoms with Gasteiger partial charge in [-0.15, -0.1) is 0 Å². The van der Waals surface area contributed by atoms with Crippen LogP contribution in [0.25, 0.3) is 33.7 Å². The van der Waals surface area contributed by atoms with E-state index in [-0.39, 0.29) is 16.9 Å². The molecule has 0 atom stereocenters. The fourth-order valence-corrected chi connectivity index (χ4v) is 2.60. The van der Waals surface area contributed by atoms with Crippen LogP contribution in [0.4, 0.5) is 0 Å². The van der Waals surface area contributed by atoms with Crippen molar-refractivity contribution in [3.63, 3.8) is 0 Å². The molecule has 0 saturated carbocycles. The number of aryl methyl sites for hydroxylation is 1. The molecule has 0 radical (unpaired) electrons. The first-order valence-electron chi connectivity index (χ1n) is 6.70. The van der Waals surface area contributed by atoms with Crippen LogP contribution in [0.1, 0.15) is 0 Å². The number of H-pyrrole nitrogens is 1. The van der Waals surface area contributed by atoms with Crippen molar-refractivity contribution >= 4 is 34.0 Å². The second-order valence-electron chi connectivity index (χ2n) is 5.00. The number of hydrogen-bond acceptors (Lipinski definition) is 5. The van der Waals surface area contributed by atoms with E-state index in [9.17, 15) is 9.59 Å². The molecule has 0 aliphatic heterocycles. The first kappa shape index (κ1) is 13.7. The molecule has 1 N–H and O–H groups in total. The molecule has 23 heavy (non-hydrogen) atoms. The minimum Gasteiger partial charge on any atom is -0.436 e. The Morgan fingerprint density at radius 2 is 2.00 bits per heavy atom. The van der Waals surface area contributed by atoms with E-state index in [0.717, 1.165) is 0 Å². The summed E-state index contributed by atoms with van der Waals surface area (Å²) in [6, 6.07) is 8.86. The monoisotopic (exact) mass is 328 g/mol. The van der Waals surface area contributed by atoms with Gasteiger partial charge in [-0.1, -0.05) is 23.7 Å². The summed E-state index contributed by atoms with van der Waals surface area (Å²) in [5, 5.41) is 0.529. The standard InChI is InChI=1S/C15H9ClN4O3/c1-20-12-11(13(21)19-15(20)22)17-9-6-10(23-14(9)18-12)7-4-2-3-5-8(7)16/h2-6H,1H3,(H,19,21,22). The summed E-state index contributed by atoms with van der Waals surface area (Å²) in [6.45, 7) is 0. The molecular formula is C15H9ClN4O3. The summed E-state index contributed by atoms with van der Waals surface area (Å²) in [4.78, 5) is 34.2. The maximum absolute atomic E-state index is 11.9. The Morgan fingerprint density at radius 3 is 2.78 bits per heavy atom. The lowest BCUT2D eigenvalue weighted by atomic mass is 10.2. The average molecular weight is 329 g/mol. The van der Waals surface area contributed by atoms with Gasteiger partial charge in [-0.05, 0) is 12.1 Å². The molecule has 0 bridgehead atoms. The van der Waals surface area contributed by atoms with Crippen molar-refractivity contribution in [1.82, 2.24) is 19.5 Å². The quantitative estimate of drug-likeness (QED) is 0.577. The van der Waals surface area contributed by atoms with Crippen LogP contribution in [0.15, 0.2) is 44.3 Å². The molecule has 7 nitrogen and oxygen atoms in total. The highest BCUT2D eigenvalue weighted by molar-refractivity contribution is 6.33. The molecular weight excluding hydrogens is 320 g/mol. The molecule has 0 unspecified atom stereocenters. The van der Waals surface area contributed by atoms with Crippen LogP contribution in [0.3, 0.4) is 0 Å². The third-order valence-corrected chi connectivity index (χ3v) is 3.87. The highest BCUT2D eigenvalue weighted by Crippen LogP contribution is 2.31.